The molecule has 7 nitrogen and oxygen atoms in total. The average Bonchev–Trinajstić information content (AvgIpc) is 2.96. The molecule has 0 aliphatic carbocycles. The Hall–Kier alpha value is -1.71. The molecule has 0 aliphatic heterocycles. The van der Waals surface area contributed by atoms with Crippen molar-refractivity contribution in [2.75, 3.05) is 0 Å². The van der Waals surface area contributed by atoms with Gasteiger partial charge in [0.15, 0.2) is 0 Å². The molecule has 0 aromatic carbocycles. The van der Waals surface area contributed by atoms with Gasteiger partial charge < -0.3 is 0 Å². The normalized spacial score (nSPS) is 11.6. The molecule has 0 spiro atoms. The highest BCUT2D eigenvalue weighted by Gasteiger charge is 2.24. The number of thiophene rings is 1. The van der Waals surface area contributed by atoms with Gasteiger partial charge in [0.2, 0.25) is 0 Å². The van der Waals surface area contributed by atoms with Crippen LogP contribution in [-0.2, 0) is 17.1 Å². The first kappa shape index (κ1) is 14.7. The van der Waals surface area contributed by atoms with E-state index in [0.717, 1.165) is 0 Å². The number of carbonyl (C=O) groups is 1. The van der Waals surface area contributed by atoms with Gasteiger partial charge in [-0.25, -0.2) is 8.42 Å². The summed E-state index contributed by atoms with van der Waals surface area (Å²) in [6.45, 7) is 3.25. The Balaban J connectivity index is 2.18. The molecule has 2 rings (SSSR count). The molecule has 0 saturated carbocycles. The monoisotopic (exact) mass is 314 g/mol. The number of hydrazine groups is 1. The van der Waals surface area contributed by atoms with Crippen molar-refractivity contribution in [3.8, 4) is 0 Å². The molecule has 0 saturated heterocycles. The van der Waals surface area contributed by atoms with Crippen LogP contribution in [0.3, 0.4) is 0 Å². The van der Waals surface area contributed by atoms with E-state index in [9.17, 15) is 13.2 Å². The third kappa shape index (κ3) is 2.74. The zero-order chi connectivity index (χ0) is 14.9. The number of hydrogen-bond acceptors (Lipinski definition) is 5. The minimum atomic E-state index is -3.85. The molecule has 0 bridgehead atoms. The number of nitrogens with one attached hydrogen (secondary N) is 2. The standard InChI is InChI=1S/C11H14N4O3S2/c1-7-10(8(2)15(3)13-7)20(17,18)14-12-11(16)9-5-4-6-19-9/h4-6,14H,1-3H3,(H,12,16). The van der Waals surface area contributed by atoms with E-state index >= 15 is 0 Å². The maximum atomic E-state index is 12.2. The van der Waals surface area contributed by atoms with Crippen molar-refractivity contribution in [3.05, 3.63) is 33.8 Å². The summed E-state index contributed by atoms with van der Waals surface area (Å²) in [5, 5.41) is 5.78. The Morgan fingerprint density at radius 3 is 2.60 bits per heavy atom. The summed E-state index contributed by atoms with van der Waals surface area (Å²) in [4.78, 5) is 14.3. The molecular formula is C11H14N4O3S2. The van der Waals surface area contributed by atoms with Crippen molar-refractivity contribution in [3.63, 3.8) is 0 Å². The van der Waals surface area contributed by atoms with Crippen molar-refractivity contribution < 1.29 is 13.2 Å². The van der Waals surface area contributed by atoms with Gasteiger partial charge >= 0.3 is 0 Å². The van der Waals surface area contributed by atoms with Crippen LogP contribution >= 0.6 is 11.3 Å². The van der Waals surface area contributed by atoms with Crippen molar-refractivity contribution in [1.82, 2.24) is 20.0 Å². The second kappa shape index (κ2) is 5.35. The number of sulfonamides is 1. The van der Waals surface area contributed by atoms with Gasteiger partial charge in [0.1, 0.15) is 4.90 Å². The van der Waals surface area contributed by atoms with Gasteiger partial charge in [0, 0.05) is 7.05 Å². The number of nitrogens with zero attached hydrogens (tertiary/aromatic N) is 2. The van der Waals surface area contributed by atoms with E-state index in [1.54, 1.807) is 38.4 Å². The maximum absolute atomic E-state index is 12.2. The molecule has 9 heteroatoms. The molecule has 108 valence electrons. The van der Waals surface area contributed by atoms with Gasteiger partial charge in [-0.15, -0.1) is 16.2 Å². The van der Waals surface area contributed by atoms with Gasteiger partial charge in [-0.05, 0) is 25.3 Å². The fourth-order valence-electron chi connectivity index (χ4n) is 1.78. The van der Waals surface area contributed by atoms with E-state index in [1.165, 1.54) is 16.0 Å². The highest BCUT2D eigenvalue weighted by atomic mass is 32.2. The SMILES string of the molecule is Cc1nn(C)c(C)c1S(=O)(=O)NNC(=O)c1cccs1. The molecule has 0 unspecified atom stereocenters. The fraction of sp³-hybridized carbons (Fsp3) is 0.273. The van der Waals surface area contributed by atoms with E-state index in [2.05, 4.69) is 15.4 Å². The molecule has 20 heavy (non-hydrogen) atoms. The first-order valence-corrected chi connectivity index (χ1v) is 8.05. The molecule has 2 aromatic rings. The number of rotatable bonds is 4. The van der Waals surface area contributed by atoms with Gasteiger partial charge in [-0.1, -0.05) is 6.07 Å². The van der Waals surface area contributed by atoms with Crippen LogP contribution in [0.25, 0.3) is 0 Å². The smallest absolute Gasteiger partial charge is 0.273 e. The van der Waals surface area contributed by atoms with Crippen LogP contribution in [0.15, 0.2) is 22.4 Å². The Morgan fingerprint density at radius 1 is 1.40 bits per heavy atom. The number of aromatic nitrogens is 2. The van der Waals surface area contributed by atoms with Gasteiger partial charge in [0.25, 0.3) is 15.9 Å². The van der Waals surface area contributed by atoms with Crippen LogP contribution in [0.1, 0.15) is 21.1 Å². The lowest BCUT2D eigenvalue weighted by molar-refractivity contribution is 0.0949. The van der Waals surface area contributed by atoms with Crippen molar-refractivity contribution in [2.45, 2.75) is 18.7 Å². The first-order chi connectivity index (χ1) is 9.33. The largest absolute Gasteiger partial charge is 0.276 e. The van der Waals surface area contributed by atoms with Gasteiger partial charge in [-0.2, -0.15) is 5.10 Å². The minimum absolute atomic E-state index is 0.0754. The number of hydrogen-bond donors (Lipinski definition) is 2. The Kier molecular flexibility index (Phi) is 3.93. The third-order valence-electron chi connectivity index (χ3n) is 2.76. The van der Waals surface area contributed by atoms with E-state index in [-0.39, 0.29) is 4.90 Å². The van der Waals surface area contributed by atoms with Crippen molar-refractivity contribution >= 4 is 27.3 Å². The molecule has 0 fully saturated rings. The zero-order valence-electron chi connectivity index (χ0n) is 11.2. The highest BCUT2D eigenvalue weighted by Crippen LogP contribution is 2.17. The number of amides is 1. The van der Waals surface area contributed by atoms with Gasteiger partial charge in [0.05, 0.1) is 16.3 Å². The molecular weight excluding hydrogens is 300 g/mol. The van der Waals surface area contributed by atoms with Crippen LogP contribution in [0.4, 0.5) is 0 Å². The summed E-state index contributed by atoms with van der Waals surface area (Å²) >= 11 is 1.22. The Morgan fingerprint density at radius 2 is 2.10 bits per heavy atom. The fourth-order valence-corrected chi connectivity index (χ4v) is 3.68. The van der Waals surface area contributed by atoms with Crippen molar-refractivity contribution in [1.29, 1.82) is 0 Å². The lowest BCUT2D eigenvalue weighted by Gasteiger charge is -2.07. The molecule has 1 amide bonds. The lowest BCUT2D eigenvalue weighted by atomic mass is 10.4. The summed E-state index contributed by atoms with van der Waals surface area (Å²) < 4.78 is 25.8. The average molecular weight is 314 g/mol. The predicted octanol–water partition coefficient (Wildman–Crippen LogP) is 0.722. The zero-order valence-corrected chi connectivity index (χ0v) is 12.8. The summed E-state index contributed by atoms with van der Waals surface area (Å²) in [6.07, 6.45) is 0. The van der Waals surface area contributed by atoms with Crippen molar-refractivity contribution in [2.24, 2.45) is 7.05 Å². The summed E-state index contributed by atoms with van der Waals surface area (Å²) in [6, 6.07) is 3.32. The first-order valence-electron chi connectivity index (χ1n) is 5.69. The quantitative estimate of drug-likeness (QED) is 0.813. The van der Waals surface area contributed by atoms with Crippen LogP contribution < -0.4 is 10.3 Å². The topological polar surface area (TPSA) is 93.1 Å². The lowest BCUT2D eigenvalue weighted by Crippen LogP contribution is -2.41. The molecule has 0 radical (unpaired) electrons. The van der Waals surface area contributed by atoms with E-state index in [0.29, 0.717) is 16.3 Å². The van der Waals surface area contributed by atoms with Crippen LogP contribution in [-0.4, -0.2) is 24.1 Å². The Bertz CT molecular complexity index is 732. The van der Waals surface area contributed by atoms with Crippen LogP contribution in [0.5, 0.6) is 0 Å². The second-order valence-electron chi connectivity index (χ2n) is 4.16. The second-order valence-corrected chi connectivity index (χ2v) is 6.73. The third-order valence-corrected chi connectivity index (χ3v) is 5.12. The number of carbonyl (C=O) groups excluding carboxylic acids is 1. The molecule has 2 heterocycles. The van der Waals surface area contributed by atoms with E-state index in [1.807, 2.05) is 0 Å². The maximum Gasteiger partial charge on any atom is 0.276 e. The summed E-state index contributed by atoms with van der Waals surface area (Å²) in [7, 11) is -2.19. The number of aryl methyl sites for hydroxylation is 2. The summed E-state index contributed by atoms with van der Waals surface area (Å²) in [5.41, 5.74) is 3.06. The Labute approximate surface area is 120 Å². The van der Waals surface area contributed by atoms with E-state index in [4.69, 9.17) is 0 Å². The minimum Gasteiger partial charge on any atom is -0.273 e. The van der Waals surface area contributed by atoms with Gasteiger partial charge in [-0.3, -0.25) is 14.9 Å². The van der Waals surface area contributed by atoms with Crippen LogP contribution in [0.2, 0.25) is 0 Å². The molecule has 2 aromatic heterocycles. The molecule has 0 atom stereocenters. The molecule has 2 N–H and O–H groups in total. The van der Waals surface area contributed by atoms with Crippen LogP contribution in [0, 0.1) is 13.8 Å². The van der Waals surface area contributed by atoms with E-state index < -0.39 is 15.9 Å². The summed E-state index contributed by atoms with van der Waals surface area (Å²) in [5.74, 6) is -0.497. The highest BCUT2D eigenvalue weighted by molar-refractivity contribution is 7.89. The predicted molar refractivity (Wildman–Crippen MR) is 74.8 cm³/mol. The molecule has 0 aliphatic rings.